The summed E-state index contributed by atoms with van der Waals surface area (Å²) >= 11 is 0. The molecule has 0 amide bonds. The fourth-order valence-electron chi connectivity index (χ4n) is 6.46. The molecule has 3 atom stereocenters. The summed E-state index contributed by atoms with van der Waals surface area (Å²) in [5.41, 5.74) is 5.08. The molecule has 0 aromatic heterocycles. The van der Waals surface area contributed by atoms with Crippen LogP contribution in [0.5, 0.6) is 0 Å². The first-order valence-corrected chi connectivity index (χ1v) is 10.7. The maximum absolute atomic E-state index is 4.02. The van der Waals surface area contributed by atoms with Crippen molar-refractivity contribution in [3.63, 3.8) is 0 Å². The predicted octanol–water partition coefficient (Wildman–Crippen LogP) is 5.86. The summed E-state index contributed by atoms with van der Waals surface area (Å²) in [5, 5.41) is 4.02. The van der Waals surface area contributed by atoms with Crippen LogP contribution in [0.4, 0.5) is 0 Å². The van der Waals surface area contributed by atoms with Crippen LogP contribution in [0.1, 0.15) is 68.1 Å². The van der Waals surface area contributed by atoms with Crippen molar-refractivity contribution in [2.45, 2.75) is 75.3 Å². The van der Waals surface area contributed by atoms with E-state index in [4.69, 9.17) is 0 Å². The minimum atomic E-state index is 0.221. The molecule has 2 aromatic carbocycles. The van der Waals surface area contributed by atoms with Gasteiger partial charge in [-0.25, -0.2) is 0 Å². The summed E-state index contributed by atoms with van der Waals surface area (Å²) in [6, 6.07) is 21.6. The van der Waals surface area contributed by atoms with Crippen LogP contribution in [-0.4, -0.2) is 6.04 Å². The summed E-state index contributed by atoms with van der Waals surface area (Å²) in [6.07, 6.45) is 11.0. The Morgan fingerprint density at radius 2 is 1.50 bits per heavy atom. The molecular formula is C25H31N. The van der Waals surface area contributed by atoms with E-state index in [0.29, 0.717) is 11.5 Å². The Labute approximate surface area is 158 Å². The van der Waals surface area contributed by atoms with Gasteiger partial charge in [-0.15, -0.1) is 0 Å². The zero-order valence-corrected chi connectivity index (χ0v) is 16.0. The molecule has 136 valence electrons. The van der Waals surface area contributed by atoms with Crippen molar-refractivity contribution in [2.75, 3.05) is 0 Å². The Kier molecular flexibility index (Phi) is 3.97. The Morgan fingerprint density at radius 3 is 2.23 bits per heavy atom. The Hall–Kier alpha value is -1.60. The Morgan fingerprint density at radius 1 is 0.769 bits per heavy atom. The van der Waals surface area contributed by atoms with E-state index in [1.165, 1.54) is 56.9 Å². The fraction of sp³-hybridized carbons (Fsp3) is 0.520. The summed E-state index contributed by atoms with van der Waals surface area (Å²) in [5.74, 6) is 0.721. The van der Waals surface area contributed by atoms with Gasteiger partial charge in [0.25, 0.3) is 0 Å². The fourth-order valence-corrected chi connectivity index (χ4v) is 6.46. The van der Waals surface area contributed by atoms with E-state index >= 15 is 0 Å². The molecule has 2 saturated carbocycles. The van der Waals surface area contributed by atoms with Gasteiger partial charge >= 0.3 is 0 Å². The third kappa shape index (κ3) is 2.40. The highest BCUT2D eigenvalue weighted by molar-refractivity contribution is 5.42. The van der Waals surface area contributed by atoms with Gasteiger partial charge in [0.2, 0.25) is 0 Å². The van der Waals surface area contributed by atoms with Gasteiger partial charge in [-0.1, -0.05) is 85.8 Å². The van der Waals surface area contributed by atoms with Gasteiger partial charge in [0.15, 0.2) is 0 Å². The molecule has 1 N–H and O–H groups in total. The van der Waals surface area contributed by atoms with Crippen LogP contribution in [0.25, 0.3) is 0 Å². The van der Waals surface area contributed by atoms with E-state index in [1.54, 1.807) is 11.1 Å². The zero-order valence-electron chi connectivity index (χ0n) is 16.0. The number of hydrogen-bond donors (Lipinski definition) is 1. The normalized spacial score (nSPS) is 32.7. The molecule has 1 heteroatoms. The summed E-state index contributed by atoms with van der Waals surface area (Å²) in [7, 11) is 0. The molecule has 0 bridgehead atoms. The lowest BCUT2D eigenvalue weighted by molar-refractivity contribution is 0.121. The summed E-state index contributed by atoms with van der Waals surface area (Å²) in [4.78, 5) is 0. The second-order valence-electron chi connectivity index (χ2n) is 9.00. The molecule has 0 spiro atoms. The number of rotatable bonds is 3. The van der Waals surface area contributed by atoms with Gasteiger partial charge in [0.05, 0.1) is 5.54 Å². The topological polar surface area (TPSA) is 21.9 Å². The number of fused-ring (bicyclic) bond motifs is 1. The lowest BCUT2D eigenvalue weighted by Crippen LogP contribution is -2.47. The highest BCUT2D eigenvalue weighted by Gasteiger charge is 2.65. The van der Waals surface area contributed by atoms with Gasteiger partial charge in [-0.05, 0) is 49.7 Å². The molecule has 3 unspecified atom stereocenters. The third-order valence-corrected chi connectivity index (χ3v) is 7.71. The van der Waals surface area contributed by atoms with Crippen LogP contribution in [0, 0.1) is 12.8 Å². The van der Waals surface area contributed by atoms with Gasteiger partial charge < -0.3 is 5.32 Å². The van der Waals surface area contributed by atoms with Crippen molar-refractivity contribution in [3.05, 3.63) is 71.3 Å². The predicted molar refractivity (Wildman–Crippen MR) is 108 cm³/mol. The van der Waals surface area contributed by atoms with Crippen LogP contribution in [0.2, 0.25) is 0 Å². The van der Waals surface area contributed by atoms with Crippen LogP contribution in [0.3, 0.4) is 0 Å². The first-order valence-electron chi connectivity index (χ1n) is 10.7. The van der Waals surface area contributed by atoms with Gasteiger partial charge in [-0.3, -0.25) is 0 Å². The van der Waals surface area contributed by atoms with E-state index in [2.05, 4.69) is 66.8 Å². The number of hydrogen-bond acceptors (Lipinski definition) is 1. The number of benzene rings is 2. The van der Waals surface area contributed by atoms with E-state index in [1.807, 2.05) is 0 Å². The van der Waals surface area contributed by atoms with Crippen molar-refractivity contribution >= 4 is 0 Å². The molecule has 1 heterocycles. The minimum absolute atomic E-state index is 0.221. The Balaban J connectivity index is 1.62. The Bertz CT molecular complexity index is 757. The zero-order chi connectivity index (χ0) is 17.6. The van der Waals surface area contributed by atoms with Crippen molar-refractivity contribution in [2.24, 2.45) is 5.92 Å². The van der Waals surface area contributed by atoms with Crippen molar-refractivity contribution in [3.8, 4) is 0 Å². The van der Waals surface area contributed by atoms with Crippen molar-refractivity contribution < 1.29 is 0 Å². The molecule has 3 aliphatic rings. The lowest BCUT2D eigenvalue weighted by atomic mass is 9.54. The highest BCUT2D eigenvalue weighted by atomic mass is 15.2. The quantitative estimate of drug-likeness (QED) is 0.691. The standard InChI is InChI=1S/C25H31N/c1-19-13-15-21(16-14-19)25-22(11-8-12-23(25)26-25)24(17-6-3-7-18-24)20-9-4-2-5-10-20/h2,4-5,9-10,13-16,22-23,26H,3,6-8,11-12,17-18H2,1H3. The molecular weight excluding hydrogens is 314 g/mol. The summed E-state index contributed by atoms with van der Waals surface area (Å²) in [6.45, 7) is 2.20. The smallest absolute Gasteiger partial charge is 0.0630 e. The molecule has 1 nitrogen and oxygen atoms in total. The van der Waals surface area contributed by atoms with E-state index in [0.717, 1.165) is 5.92 Å². The van der Waals surface area contributed by atoms with Crippen molar-refractivity contribution in [1.29, 1.82) is 0 Å². The maximum atomic E-state index is 4.02. The first kappa shape index (κ1) is 16.6. The van der Waals surface area contributed by atoms with Crippen LogP contribution >= 0.6 is 0 Å². The molecule has 2 aliphatic carbocycles. The molecule has 3 fully saturated rings. The minimum Gasteiger partial charge on any atom is -0.301 e. The van der Waals surface area contributed by atoms with Gasteiger partial charge in [0.1, 0.15) is 0 Å². The SMILES string of the molecule is Cc1ccc(C23NC2CCCC3C2(c3ccccc3)CCCCC2)cc1. The van der Waals surface area contributed by atoms with Crippen LogP contribution < -0.4 is 5.32 Å². The average molecular weight is 346 g/mol. The molecule has 0 radical (unpaired) electrons. The highest BCUT2D eigenvalue weighted by Crippen LogP contribution is 2.61. The van der Waals surface area contributed by atoms with Crippen molar-refractivity contribution in [1.82, 2.24) is 5.32 Å². The molecule has 1 aliphatic heterocycles. The number of aryl methyl sites for hydroxylation is 1. The molecule has 2 aromatic rings. The molecule has 5 rings (SSSR count). The maximum Gasteiger partial charge on any atom is 0.0630 e. The summed E-state index contributed by atoms with van der Waals surface area (Å²) < 4.78 is 0. The third-order valence-electron chi connectivity index (χ3n) is 7.71. The monoisotopic (exact) mass is 345 g/mol. The van der Waals surface area contributed by atoms with E-state index in [9.17, 15) is 0 Å². The van der Waals surface area contributed by atoms with Gasteiger partial charge in [-0.2, -0.15) is 0 Å². The second kappa shape index (κ2) is 6.23. The first-order chi connectivity index (χ1) is 12.8. The lowest BCUT2D eigenvalue weighted by Gasteiger charge is -2.49. The van der Waals surface area contributed by atoms with E-state index in [-0.39, 0.29) is 5.54 Å². The molecule has 26 heavy (non-hydrogen) atoms. The van der Waals surface area contributed by atoms with Gasteiger partial charge in [0, 0.05) is 11.5 Å². The molecule has 1 saturated heterocycles. The second-order valence-corrected chi connectivity index (χ2v) is 9.00. The van der Waals surface area contributed by atoms with Crippen LogP contribution in [-0.2, 0) is 11.0 Å². The number of nitrogens with one attached hydrogen (secondary N) is 1. The largest absolute Gasteiger partial charge is 0.301 e. The van der Waals surface area contributed by atoms with Crippen LogP contribution in [0.15, 0.2) is 54.6 Å². The van der Waals surface area contributed by atoms with E-state index < -0.39 is 0 Å². The average Bonchev–Trinajstić information content (AvgIpc) is 3.45.